The maximum Gasteiger partial charge on any atom is 0.337 e. The number of imidazole rings is 1. The smallest absolute Gasteiger partial charge is 0.337 e. The lowest BCUT2D eigenvalue weighted by atomic mass is 10.2. The molecule has 1 aromatic carbocycles. The van der Waals surface area contributed by atoms with Gasteiger partial charge in [0.1, 0.15) is 6.04 Å². The average molecular weight is 382 g/mol. The van der Waals surface area contributed by atoms with E-state index in [-0.39, 0.29) is 23.8 Å². The number of benzene rings is 1. The second kappa shape index (κ2) is 6.78. The Labute approximate surface area is 161 Å². The SMILES string of the molecule is CCOC(=O)[C@H](C)n1cnc2c1c(=O)n(C1CC1)c(=O)n2-c1cccc(C)c1. The minimum atomic E-state index is -0.728. The number of aromatic nitrogens is 4. The van der Waals surface area contributed by atoms with Crippen LogP contribution in [-0.2, 0) is 9.53 Å². The van der Waals surface area contributed by atoms with Gasteiger partial charge >= 0.3 is 11.7 Å². The molecule has 0 radical (unpaired) electrons. The van der Waals surface area contributed by atoms with Crippen LogP contribution >= 0.6 is 0 Å². The number of ether oxygens (including phenoxy) is 1. The predicted molar refractivity (Wildman–Crippen MR) is 104 cm³/mol. The normalized spacial score (nSPS) is 15.0. The van der Waals surface area contributed by atoms with Crippen molar-refractivity contribution in [2.75, 3.05) is 6.61 Å². The van der Waals surface area contributed by atoms with Crippen molar-refractivity contribution in [3.8, 4) is 5.69 Å². The van der Waals surface area contributed by atoms with Gasteiger partial charge in [0.25, 0.3) is 5.56 Å². The lowest BCUT2D eigenvalue weighted by molar-refractivity contribution is -0.146. The van der Waals surface area contributed by atoms with Crippen molar-refractivity contribution in [2.45, 2.75) is 45.7 Å². The van der Waals surface area contributed by atoms with Crippen LogP contribution in [0.1, 0.15) is 44.3 Å². The second-order valence-electron chi connectivity index (χ2n) is 7.12. The molecule has 0 aliphatic heterocycles. The van der Waals surface area contributed by atoms with E-state index < -0.39 is 23.3 Å². The van der Waals surface area contributed by atoms with E-state index in [2.05, 4.69) is 4.98 Å². The summed E-state index contributed by atoms with van der Waals surface area (Å²) in [4.78, 5) is 43.0. The number of rotatable bonds is 5. The highest BCUT2D eigenvalue weighted by molar-refractivity contribution is 5.79. The van der Waals surface area contributed by atoms with Gasteiger partial charge in [0.2, 0.25) is 0 Å². The van der Waals surface area contributed by atoms with E-state index in [1.54, 1.807) is 13.8 Å². The molecule has 0 saturated heterocycles. The van der Waals surface area contributed by atoms with Crippen LogP contribution in [0.3, 0.4) is 0 Å². The van der Waals surface area contributed by atoms with Crippen molar-refractivity contribution in [2.24, 2.45) is 0 Å². The Hall–Kier alpha value is -3.16. The number of hydrogen-bond donors (Lipinski definition) is 0. The van der Waals surface area contributed by atoms with Gasteiger partial charge in [-0.05, 0) is 51.3 Å². The molecule has 1 saturated carbocycles. The van der Waals surface area contributed by atoms with E-state index in [0.717, 1.165) is 18.4 Å². The molecule has 4 rings (SSSR count). The first kappa shape index (κ1) is 18.2. The topological polar surface area (TPSA) is 88.1 Å². The number of fused-ring (bicyclic) bond motifs is 1. The highest BCUT2D eigenvalue weighted by Crippen LogP contribution is 2.33. The summed E-state index contributed by atoms with van der Waals surface area (Å²) in [5, 5.41) is 0. The lowest BCUT2D eigenvalue weighted by Crippen LogP contribution is -2.40. The van der Waals surface area contributed by atoms with Crippen LogP contribution in [0.4, 0.5) is 0 Å². The molecule has 3 aromatic rings. The zero-order chi connectivity index (χ0) is 20.0. The first-order chi connectivity index (χ1) is 13.4. The van der Waals surface area contributed by atoms with Crippen molar-refractivity contribution >= 4 is 17.1 Å². The number of hydrogen-bond acceptors (Lipinski definition) is 5. The van der Waals surface area contributed by atoms with E-state index in [4.69, 9.17) is 4.74 Å². The van der Waals surface area contributed by atoms with Gasteiger partial charge in [0, 0.05) is 6.04 Å². The summed E-state index contributed by atoms with van der Waals surface area (Å²) < 4.78 is 9.34. The van der Waals surface area contributed by atoms with Crippen LogP contribution in [0.15, 0.2) is 40.2 Å². The van der Waals surface area contributed by atoms with Gasteiger partial charge in [-0.1, -0.05) is 12.1 Å². The zero-order valence-electron chi connectivity index (χ0n) is 16.1. The fourth-order valence-electron chi connectivity index (χ4n) is 3.44. The quantitative estimate of drug-likeness (QED) is 0.631. The summed E-state index contributed by atoms with van der Waals surface area (Å²) in [5.74, 6) is -0.451. The molecule has 2 heterocycles. The van der Waals surface area contributed by atoms with Crippen molar-refractivity contribution in [3.63, 3.8) is 0 Å². The van der Waals surface area contributed by atoms with Gasteiger partial charge in [-0.2, -0.15) is 0 Å². The maximum atomic E-state index is 13.2. The van der Waals surface area contributed by atoms with Gasteiger partial charge in [0.05, 0.1) is 18.6 Å². The summed E-state index contributed by atoms with van der Waals surface area (Å²) in [6, 6.07) is 6.63. The molecule has 0 unspecified atom stereocenters. The number of nitrogens with zero attached hydrogens (tertiary/aromatic N) is 4. The van der Waals surface area contributed by atoms with Crippen LogP contribution in [0.25, 0.3) is 16.9 Å². The second-order valence-corrected chi connectivity index (χ2v) is 7.12. The molecular weight excluding hydrogens is 360 g/mol. The minimum absolute atomic E-state index is 0.110. The van der Waals surface area contributed by atoms with Crippen LogP contribution in [-0.4, -0.2) is 31.3 Å². The Morgan fingerprint density at radius 3 is 2.71 bits per heavy atom. The van der Waals surface area contributed by atoms with Crippen molar-refractivity contribution in [3.05, 3.63) is 57.0 Å². The molecule has 1 fully saturated rings. The predicted octanol–water partition coefficient (Wildman–Crippen LogP) is 2.12. The van der Waals surface area contributed by atoms with E-state index >= 15 is 0 Å². The minimum Gasteiger partial charge on any atom is -0.464 e. The summed E-state index contributed by atoms with van der Waals surface area (Å²) in [6.45, 7) is 5.56. The Morgan fingerprint density at radius 2 is 2.07 bits per heavy atom. The Kier molecular flexibility index (Phi) is 4.41. The molecule has 8 nitrogen and oxygen atoms in total. The third kappa shape index (κ3) is 2.85. The first-order valence-corrected chi connectivity index (χ1v) is 9.41. The Bertz CT molecular complexity index is 1180. The third-order valence-corrected chi connectivity index (χ3v) is 5.02. The summed E-state index contributed by atoms with van der Waals surface area (Å²) in [5.41, 5.74) is 1.28. The molecule has 2 aromatic heterocycles. The van der Waals surface area contributed by atoms with E-state index in [1.165, 1.54) is 20.0 Å². The van der Waals surface area contributed by atoms with Gasteiger partial charge in [0.15, 0.2) is 11.2 Å². The van der Waals surface area contributed by atoms with Crippen molar-refractivity contribution < 1.29 is 9.53 Å². The molecule has 0 spiro atoms. The molecular formula is C20H22N4O4. The zero-order valence-corrected chi connectivity index (χ0v) is 16.1. The van der Waals surface area contributed by atoms with Gasteiger partial charge < -0.3 is 9.30 Å². The van der Waals surface area contributed by atoms with E-state index in [0.29, 0.717) is 5.69 Å². The molecule has 28 heavy (non-hydrogen) atoms. The standard InChI is InChI=1S/C20H22N4O4/c1-4-28-19(26)13(3)22-11-21-17-16(22)18(25)24(14-8-9-14)20(27)23(17)15-7-5-6-12(2)10-15/h5-7,10-11,13-14H,4,8-9H2,1-3H3/t13-/m0/s1. The fourth-order valence-corrected chi connectivity index (χ4v) is 3.44. The van der Waals surface area contributed by atoms with E-state index in [1.807, 2.05) is 31.2 Å². The largest absolute Gasteiger partial charge is 0.464 e. The molecule has 1 aliphatic carbocycles. The fraction of sp³-hybridized carbons (Fsp3) is 0.400. The summed E-state index contributed by atoms with van der Waals surface area (Å²) in [7, 11) is 0. The van der Waals surface area contributed by atoms with Crippen LogP contribution in [0, 0.1) is 6.92 Å². The van der Waals surface area contributed by atoms with Crippen LogP contribution < -0.4 is 11.2 Å². The number of aryl methyl sites for hydroxylation is 1. The Morgan fingerprint density at radius 1 is 1.32 bits per heavy atom. The average Bonchev–Trinajstić information content (AvgIpc) is 3.39. The Balaban J connectivity index is 2.04. The highest BCUT2D eigenvalue weighted by atomic mass is 16.5. The van der Waals surface area contributed by atoms with Crippen molar-refractivity contribution in [1.29, 1.82) is 0 Å². The number of esters is 1. The molecule has 8 heteroatoms. The molecule has 1 atom stereocenters. The van der Waals surface area contributed by atoms with Gasteiger partial charge in [-0.25, -0.2) is 19.1 Å². The lowest BCUT2D eigenvalue weighted by Gasteiger charge is -2.15. The molecule has 0 amide bonds. The monoisotopic (exact) mass is 382 g/mol. The summed E-state index contributed by atoms with van der Waals surface area (Å²) in [6.07, 6.45) is 3.00. The van der Waals surface area contributed by atoms with Crippen LogP contribution in [0.5, 0.6) is 0 Å². The number of carbonyl (C=O) groups excluding carboxylic acids is 1. The van der Waals surface area contributed by atoms with Crippen molar-refractivity contribution in [1.82, 2.24) is 18.7 Å². The van der Waals surface area contributed by atoms with Gasteiger partial charge in [-0.15, -0.1) is 0 Å². The maximum absolute atomic E-state index is 13.2. The highest BCUT2D eigenvalue weighted by Gasteiger charge is 2.31. The van der Waals surface area contributed by atoms with Crippen LogP contribution in [0.2, 0.25) is 0 Å². The third-order valence-electron chi connectivity index (χ3n) is 5.02. The summed E-state index contributed by atoms with van der Waals surface area (Å²) >= 11 is 0. The molecule has 1 aliphatic rings. The van der Waals surface area contributed by atoms with E-state index in [9.17, 15) is 14.4 Å². The molecule has 0 bridgehead atoms. The number of carbonyl (C=O) groups is 1. The molecule has 146 valence electrons. The van der Waals surface area contributed by atoms with Gasteiger partial charge in [-0.3, -0.25) is 9.36 Å². The first-order valence-electron chi connectivity index (χ1n) is 9.41. The molecule has 0 N–H and O–H groups in total.